The standard InChI is InChI=1S/C49H34NOP/c1-49(2)42-26-23-32(36-20-12-14-31-13-6-7-17-35(31)36)29-40(42)41-30-33(24-27-43(41)49)50-44-21-10-8-19-39(44)47-45(50)28-25-38-37-18-9-11-22-46(37)52(51,48(38)47)34-15-4-3-5-16-34/h3-30H,1-2H3. The first kappa shape index (κ1) is 29.7. The second-order valence-corrected chi connectivity index (χ2v) is 17.5. The summed E-state index contributed by atoms with van der Waals surface area (Å²) < 4.78 is 18.2. The molecule has 9 aromatic rings. The van der Waals surface area contributed by atoms with Gasteiger partial charge in [-0.1, -0.05) is 153 Å². The highest BCUT2D eigenvalue weighted by atomic mass is 31.2. The van der Waals surface area contributed by atoms with E-state index in [0.717, 1.165) is 54.5 Å². The Bertz CT molecular complexity index is 3020. The molecule has 0 radical (unpaired) electrons. The first-order valence-corrected chi connectivity index (χ1v) is 19.8. The molecule has 0 saturated carbocycles. The zero-order valence-electron chi connectivity index (χ0n) is 29.0. The quantitative estimate of drug-likeness (QED) is 0.170. The van der Waals surface area contributed by atoms with Gasteiger partial charge < -0.3 is 9.13 Å². The fourth-order valence-corrected chi connectivity index (χ4v) is 12.7. The van der Waals surface area contributed by atoms with Gasteiger partial charge in [-0.2, -0.15) is 0 Å². The monoisotopic (exact) mass is 683 g/mol. The average molecular weight is 684 g/mol. The maximum atomic E-state index is 15.8. The van der Waals surface area contributed by atoms with E-state index >= 15 is 4.57 Å². The normalized spacial score (nSPS) is 16.6. The summed E-state index contributed by atoms with van der Waals surface area (Å²) >= 11 is 0. The minimum Gasteiger partial charge on any atom is -0.309 e. The Morgan fingerprint density at radius 1 is 0.500 bits per heavy atom. The van der Waals surface area contributed by atoms with Crippen molar-refractivity contribution in [2.75, 3.05) is 0 Å². The van der Waals surface area contributed by atoms with Crippen molar-refractivity contribution in [2.45, 2.75) is 19.3 Å². The van der Waals surface area contributed by atoms with Crippen LogP contribution in [-0.2, 0) is 9.98 Å². The van der Waals surface area contributed by atoms with Gasteiger partial charge in [0, 0.05) is 37.8 Å². The van der Waals surface area contributed by atoms with Crippen LogP contribution in [0.5, 0.6) is 0 Å². The Hall–Kier alpha value is -5.95. The van der Waals surface area contributed by atoms with E-state index in [1.807, 2.05) is 36.4 Å². The molecule has 2 aliphatic rings. The van der Waals surface area contributed by atoms with Crippen LogP contribution < -0.4 is 15.9 Å². The van der Waals surface area contributed by atoms with Crippen LogP contribution in [-0.4, -0.2) is 4.57 Å². The summed E-state index contributed by atoms with van der Waals surface area (Å²) in [5.41, 5.74) is 13.0. The molecule has 2 nitrogen and oxygen atoms in total. The van der Waals surface area contributed by atoms with Crippen molar-refractivity contribution in [1.82, 2.24) is 4.57 Å². The molecule has 2 heterocycles. The highest BCUT2D eigenvalue weighted by molar-refractivity contribution is 7.86. The molecule has 0 spiro atoms. The van der Waals surface area contributed by atoms with Gasteiger partial charge >= 0.3 is 0 Å². The molecule has 0 amide bonds. The summed E-state index contributed by atoms with van der Waals surface area (Å²) in [4.78, 5) is 0. The minimum absolute atomic E-state index is 0.129. The van der Waals surface area contributed by atoms with Crippen molar-refractivity contribution < 1.29 is 4.57 Å². The minimum atomic E-state index is -3.17. The zero-order chi connectivity index (χ0) is 34.8. The average Bonchev–Trinajstić information content (AvgIpc) is 3.75. The van der Waals surface area contributed by atoms with Gasteiger partial charge in [-0.25, -0.2) is 0 Å². The fourth-order valence-electron chi connectivity index (χ4n) is 9.41. The summed E-state index contributed by atoms with van der Waals surface area (Å²) in [7, 11) is -3.17. The van der Waals surface area contributed by atoms with E-state index in [1.165, 1.54) is 44.2 Å². The molecule has 1 aromatic heterocycles. The van der Waals surface area contributed by atoms with Gasteiger partial charge in [0.05, 0.1) is 11.0 Å². The maximum Gasteiger partial charge on any atom is 0.172 e. The SMILES string of the molecule is CC1(C)c2ccc(-c3cccc4ccccc34)cc2-c2cc(-n3c4ccccc4c4c5c(ccc43)-c3ccccc3P5(=O)c3ccccc3)ccc21. The third-order valence-electron chi connectivity index (χ3n) is 11.8. The summed E-state index contributed by atoms with van der Waals surface area (Å²) in [6.07, 6.45) is 0. The van der Waals surface area contributed by atoms with Crippen LogP contribution in [0.1, 0.15) is 25.0 Å². The molecular weight excluding hydrogens is 650 g/mol. The molecule has 1 unspecified atom stereocenters. The first-order valence-electron chi connectivity index (χ1n) is 18.0. The Kier molecular flexibility index (Phi) is 6.03. The van der Waals surface area contributed by atoms with Crippen molar-refractivity contribution in [1.29, 1.82) is 0 Å². The van der Waals surface area contributed by atoms with Crippen molar-refractivity contribution in [3.63, 3.8) is 0 Å². The van der Waals surface area contributed by atoms with Crippen LogP contribution in [0.2, 0.25) is 0 Å². The molecular formula is C49H34NOP. The zero-order valence-corrected chi connectivity index (χ0v) is 29.9. The number of hydrogen-bond donors (Lipinski definition) is 0. The molecule has 0 fully saturated rings. The summed E-state index contributed by atoms with van der Waals surface area (Å²) in [6, 6.07) is 60.8. The molecule has 11 rings (SSSR count). The van der Waals surface area contributed by atoms with E-state index in [-0.39, 0.29) is 5.41 Å². The number of aromatic nitrogens is 1. The van der Waals surface area contributed by atoms with Gasteiger partial charge in [0.15, 0.2) is 7.14 Å². The van der Waals surface area contributed by atoms with E-state index < -0.39 is 7.14 Å². The van der Waals surface area contributed by atoms with Crippen LogP contribution in [0.3, 0.4) is 0 Å². The van der Waals surface area contributed by atoms with Crippen molar-refractivity contribution >= 4 is 55.6 Å². The smallest absolute Gasteiger partial charge is 0.172 e. The number of rotatable bonds is 3. The Balaban J connectivity index is 1.17. The highest BCUT2D eigenvalue weighted by Crippen LogP contribution is 2.56. The molecule has 0 saturated heterocycles. The lowest BCUT2D eigenvalue weighted by atomic mass is 9.82. The number of fused-ring (bicyclic) bond motifs is 11. The highest BCUT2D eigenvalue weighted by Gasteiger charge is 2.42. The van der Waals surface area contributed by atoms with Crippen LogP contribution in [0.15, 0.2) is 170 Å². The number of nitrogens with zero attached hydrogens (tertiary/aromatic N) is 1. The summed E-state index contributed by atoms with van der Waals surface area (Å²) in [6.45, 7) is 4.69. The molecule has 0 bridgehead atoms. The van der Waals surface area contributed by atoms with E-state index in [9.17, 15) is 0 Å². The van der Waals surface area contributed by atoms with Crippen LogP contribution in [0.4, 0.5) is 0 Å². The molecule has 0 N–H and O–H groups in total. The number of hydrogen-bond acceptors (Lipinski definition) is 1. The second kappa shape index (κ2) is 10.5. The third-order valence-corrected chi connectivity index (χ3v) is 15.0. The Labute approximate surface area is 303 Å². The lowest BCUT2D eigenvalue weighted by Gasteiger charge is -2.22. The predicted molar refractivity (Wildman–Crippen MR) is 220 cm³/mol. The van der Waals surface area contributed by atoms with Gasteiger partial charge in [-0.15, -0.1) is 0 Å². The van der Waals surface area contributed by atoms with Crippen molar-refractivity contribution in [2.24, 2.45) is 0 Å². The van der Waals surface area contributed by atoms with E-state index in [2.05, 4.69) is 152 Å². The second-order valence-electron chi connectivity index (χ2n) is 14.8. The maximum absolute atomic E-state index is 15.8. The Morgan fingerprint density at radius 3 is 2.04 bits per heavy atom. The number of para-hydroxylation sites is 1. The van der Waals surface area contributed by atoms with Gasteiger partial charge in [-0.05, 0) is 85.6 Å². The van der Waals surface area contributed by atoms with Crippen LogP contribution in [0, 0.1) is 0 Å². The van der Waals surface area contributed by atoms with Crippen molar-refractivity contribution in [3.05, 3.63) is 181 Å². The van der Waals surface area contributed by atoms with Gasteiger partial charge in [0.2, 0.25) is 0 Å². The molecule has 1 atom stereocenters. The van der Waals surface area contributed by atoms with E-state index in [0.29, 0.717) is 0 Å². The van der Waals surface area contributed by atoms with E-state index in [4.69, 9.17) is 0 Å². The molecule has 246 valence electrons. The van der Waals surface area contributed by atoms with Crippen LogP contribution >= 0.6 is 7.14 Å². The van der Waals surface area contributed by atoms with Gasteiger partial charge in [0.25, 0.3) is 0 Å². The topological polar surface area (TPSA) is 22.0 Å². The summed E-state index contributed by atoms with van der Waals surface area (Å²) in [5.74, 6) is 0. The van der Waals surface area contributed by atoms with Crippen LogP contribution in [0.25, 0.3) is 71.6 Å². The van der Waals surface area contributed by atoms with Crippen molar-refractivity contribution in [3.8, 4) is 39.1 Å². The molecule has 8 aromatic carbocycles. The fraction of sp³-hybridized carbons (Fsp3) is 0.0612. The first-order chi connectivity index (χ1) is 25.4. The molecule has 1 aliphatic carbocycles. The molecule has 3 heteroatoms. The summed E-state index contributed by atoms with van der Waals surface area (Å²) in [5, 5.41) is 7.49. The molecule has 1 aliphatic heterocycles. The number of benzene rings is 8. The van der Waals surface area contributed by atoms with Gasteiger partial charge in [0.1, 0.15) is 0 Å². The lowest BCUT2D eigenvalue weighted by Crippen LogP contribution is -2.21. The predicted octanol–water partition coefficient (Wildman–Crippen LogP) is 11.5. The van der Waals surface area contributed by atoms with Gasteiger partial charge in [-0.3, -0.25) is 0 Å². The lowest BCUT2D eigenvalue weighted by molar-refractivity contribution is 0.593. The molecule has 52 heavy (non-hydrogen) atoms. The Morgan fingerprint density at radius 2 is 1.17 bits per heavy atom. The van der Waals surface area contributed by atoms with E-state index in [1.54, 1.807) is 0 Å². The largest absolute Gasteiger partial charge is 0.309 e. The third kappa shape index (κ3) is 3.83.